The predicted molar refractivity (Wildman–Crippen MR) is 85.3 cm³/mol. The average Bonchev–Trinajstić information content (AvgIpc) is 3.31. The molecule has 0 spiro atoms. The van der Waals surface area contributed by atoms with Gasteiger partial charge in [-0.2, -0.15) is 0 Å². The smallest absolute Gasteiger partial charge is 0.309 e. The zero-order valence-electron chi connectivity index (χ0n) is 13.4. The van der Waals surface area contributed by atoms with E-state index in [4.69, 9.17) is 5.11 Å². The fraction of sp³-hybridized carbons (Fsp3) is 0.471. The van der Waals surface area contributed by atoms with Gasteiger partial charge in [-0.05, 0) is 57.4 Å². The molecule has 1 aromatic carbocycles. The monoisotopic (exact) mass is 318 g/mol. The molecule has 0 aliphatic heterocycles. The molecule has 1 aliphatic carbocycles. The van der Waals surface area contributed by atoms with Gasteiger partial charge in [0.2, 0.25) is 0 Å². The van der Waals surface area contributed by atoms with E-state index in [-0.39, 0.29) is 18.4 Å². The molecule has 1 aliphatic rings. The van der Waals surface area contributed by atoms with Gasteiger partial charge in [0.1, 0.15) is 0 Å². The van der Waals surface area contributed by atoms with Gasteiger partial charge in [-0.3, -0.25) is 14.4 Å². The van der Waals surface area contributed by atoms with E-state index < -0.39 is 11.4 Å². The Hall–Kier alpha value is -2.37. The van der Waals surface area contributed by atoms with Crippen LogP contribution in [0.25, 0.3) is 0 Å². The number of aliphatic carboxylic acids is 1. The van der Waals surface area contributed by atoms with E-state index >= 15 is 0 Å². The second-order valence-corrected chi connectivity index (χ2v) is 6.52. The summed E-state index contributed by atoms with van der Waals surface area (Å²) >= 11 is 0. The first-order chi connectivity index (χ1) is 10.8. The van der Waals surface area contributed by atoms with Crippen LogP contribution in [-0.2, 0) is 4.79 Å². The third kappa shape index (κ3) is 4.81. The Bertz CT molecular complexity index is 604. The van der Waals surface area contributed by atoms with Crippen molar-refractivity contribution >= 4 is 17.8 Å². The van der Waals surface area contributed by atoms with Crippen molar-refractivity contribution in [3.05, 3.63) is 35.4 Å². The summed E-state index contributed by atoms with van der Waals surface area (Å²) in [6.07, 6.45) is 2.40. The molecule has 0 unspecified atom stereocenters. The zero-order chi connectivity index (χ0) is 17.0. The SMILES string of the molecule is CC(C)(CCNC(=O)c1ccc(C(=O)NC2CC2)cc1)C(=O)O. The molecule has 2 rings (SSSR count). The van der Waals surface area contributed by atoms with Gasteiger partial charge in [0.05, 0.1) is 5.41 Å². The number of carbonyl (C=O) groups is 3. The fourth-order valence-corrected chi connectivity index (χ4v) is 1.97. The van der Waals surface area contributed by atoms with Crippen LogP contribution >= 0.6 is 0 Å². The molecule has 1 aromatic rings. The first-order valence-electron chi connectivity index (χ1n) is 7.72. The predicted octanol–water partition coefficient (Wildman–Crippen LogP) is 1.81. The Labute approximate surface area is 135 Å². The van der Waals surface area contributed by atoms with Crippen molar-refractivity contribution in [2.75, 3.05) is 6.54 Å². The third-order valence-electron chi connectivity index (χ3n) is 3.94. The number of rotatable bonds is 7. The molecule has 0 heterocycles. The highest BCUT2D eigenvalue weighted by Gasteiger charge is 2.26. The van der Waals surface area contributed by atoms with Gasteiger partial charge in [-0.1, -0.05) is 0 Å². The average molecular weight is 318 g/mol. The molecule has 1 fully saturated rings. The van der Waals surface area contributed by atoms with E-state index in [1.165, 1.54) is 0 Å². The number of carboxylic acids is 1. The lowest BCUT2D eigenvalue weighted by atomic mass is 9.90. The lowest BCUT2D eigenvalue weighted by molar-refractivity contribution is -0.147. The highest BCUT2D eigenvalue weighted by molar-refractivity contribution is 5.98. The number of carboxylic acid groups (broad SMARTS) is 1. The first kappa shape index (κ1) is 17.0. The molecule has 0 saturated heterocycles. The summed E-state index contributed by atoms with van der Waals surface area (Å²) in [7, 11) is 0. The number of carbonyl (C=O) groups excluding carboxylic acids is 2. The molecule has 0 radical (unpaired) electrons. The number of amides is 2. The van der Waals surface area contributed by atoms with Crippen molar-refractivity contribution in [2.45, 2.75) is 39.2 Å². The Morgan fingerprint density at radius 1 is 1.09 bits per heavy atom. The third-order valence-corrected chi connectivity index (χ3v) is 3.94. The van der Waals surface area contributed by atoms with Crippen LogP contribution in [0.5, 0.6) is 0 Å². The van der Waals surface area contributed by atoms with Gasteiger partial charge in [0.25, 0.3) is 11.8 Å². The summed E-state index contributed by atoms with van der Waals surface area (Å²) in [6.45, 7) is 3.52. The van der Waals surface area contributed by atoms with Crippen molar-refractivity contribution in [1.29, 1.82) is 0 Å². The second-order valence-electron chi connectivity index (χ2n) is 6.52. The van der Waals surface area contributed by atoms with Crippen LogP contribution in [-0.4, -0.2) is 35.5 Å². The number of benzene rings is 1. The quantitative estimate of drug-likeness (QED) is 0.714. The molecule has 3 N–H and O–H groups in total. The van der Waals surface area contributed by atoms with Crippen LogP contribution in [0.4, 0.5) is 0 Å². The maximum Gasteiger partial charge on any atom is 0.309 e. The van der Waals surface area contributed by atoms with Gasteiger partial charge in [-0.25, -0.2) is 0 Å². The maximum atomic E-state index is 12.0. The molecule has 0 aromatic heterocycles. The minimum Gasteiger partial charge on any atom is -0.481 e. The van der Waals surface area contributed by atoms with Crippen molar-refractivity contribution in [3.8, 4) is 0 Å². The number of hydrogen-bond acceptors (Lipinski definition) is 3. The summed E-state index contributed by atoms with van der Waals surface area (Å²) in [5.74, 6) is -1.29. The molecule has 124 valence electrons. The molecule has 0 bridgehead atoms. The van der Waals surface area contributed by atoms with E-state index in [2.05, 4.69) is 10.6 Å². The van der Waals surface area contributed by atoms with E-state index in [9.17, 15) is 14.4 Å². The van der Waals surface area contributed by atoms with E-state index in [0.717, 1.165) is 12.8 Å². The van der Waals surface area contributed by atoms with Crippen molar-refractivity contribution < 1.29 is 19.5 Å². The summed E-state index contributed by atoms with van der Waals surface area (Å²) < 4.78 is 0. The van der Waals surface area contributed by atoms with E-state index in [1.807, 2.05) is 0 Å². The van der Waals surface area contributed by atoms with Gasteiger partial charge in [0.15, 0.2) is 0 Å². The van der Waals surface area contributed by atoms with Crippen LogP contribution in [0.15, 0.2) is 24.3 Å². The summed E-state index contributed by atoms with van der Waals surface area (Å²) in [4.78, 5) is 34.9. The van der Waals surface area contributed by atoms with Gasteiger partial charge < -0.3 is 15.7 Å². The first-order valence-corrected chi connectivity index (χ1v) is 7.72. The van der Waals surface area contributed by atoms with E-state index in [1.54, 1.807) is 38.1 Å². The Balaban J connectivity index is 1.85. The standard InChI is InChI=1S/C17H22N2O4/c1-17(2,16(22)23)9-10-18-14(20)11-3-5-12(6-4-11)15(21)19-13-7-8-13/h3-6,13H,7-10H2,1-2H3,(H,18,20)(H,19,21)(H,22,23). The normalized spacial score (nSPS) is 14.2. The highest BCUT2D eigenvalue weighted by Crippen LogP contribution is 2.20. The van der Waals surface area contributed by atoms with Crippen LogP contribution in [0.2, 0.25) is 0 Å². The largest absolute Gasteiger partial charge is 0.481 e. The summed E-state index contributed by atoms with van der Waals surface area (Å²) in [6, 6.07) is 6.73. The Morgan fingerprint density at radius 3 is 2.09 bits per heavy atom. The topological polar surface area (TPSA) is 95.5 Å². The molecular formula is C17H22N2O4. The minimum atomic E-state index is -0.891. The van der Waals surface area contributed by atoms with E-state index in [0.29, 0.717) is 23.6 Å². The molecule has 0 atom stereocenters. The van der Waals surface area contributed by atoms with Crippen molar-refractivity contribution in [3.63, 3.8) is 0 Å². The van der Waals surface area contributed by atoms with Crippen LogP contribution in [0.3, 0.4) is 0 Å². The summed E-state index contributed by atoms with van der Waals surface area (Å²) in [5, 5.41) is 14.6. The van der Waals surface area contributed by atoms with Crippen molar-refractivity contribution in [1.82, 2.24) is 10.6 Å². The second kappa shape index (κ2) is 6.81. The van der Waals surface area contributed by atoms with Gasteiger partial charge in [-0.15, -0.1) is 0 Å². The molecule has 1 saturated carbocycles. The fourth-order valence-electron chi connectivity index (χ4n) is 1.97. The lowest BCUT2D eigenvalue weighted by Crippen LogP contribution is -2.32. The Morgan fingerprint density at radius 2 is 1.61 bits per heavy atom. The Kier molecular flexibility index (Phi) is 5.03. The molecule has 23 heavy (non-hydrogen) atoms. The molecule has 6 heteroatoms. The molecular weight excluding hydrogens is 296 g/mol. The minimum absolute atomic E-state index is 0.123. The van der Waals surface area contributed by atoms with Crippen LogP contribution < -0.4 is 10.6 Å². The summed E-state index contributed by atoms with van der Waals surface area (Å²) in [5.41, 5.74) is 0.0967. The van der Waals surface area contributed by atoms with Crippen molar-refractivity contribution in [2.24, 2.45) is 5.41 Å². The van der Waals surface area contributed by atoms with Crippen LogP contribution in [0, 0.1) is 5.41 Å². The molecule has 6 nitrogen and oxygen atoms in total. The van der Waals surface area contributed by atoms with Gasteiger partial charge >= 0.3 is 5.97 Å². The van der Waals surface area contributed by atoms with Gasteiger partial charge in [0, 0.05) is 23.7 Å². The number of nitrogens with one attached hydrogen (secondary N) is 2. The zero-order valence-corrected chi connectivity index (χ0v) is 13.4. The lowest BCUT2D eigenvalue weighted by Gasteiger charge is -2.18. The van der Waals surface area contributed by atoms with Crippen LogP contribution in [0.1, 0.15) is 53.8 Å². The highest BCUT2D eigenvalue weighted by atomic mass is 16.4. The maximum absolute atomic E-state index is 12.0. The molecule has 2 amide bonds. The number of hydrogen-bond donors (Lipinski definition) is 3.